The van der Waals surface area contributed by atoms with E-state index < -0.39 is 0 Å². The van der Waals surface area contributed by atoms with Crippen molar-refractivity contribution in [3.05, 3.63) is 0 Å². The summed E-state index contributed by atoms with van der Waals surface area (Å²) in [5.41, 5.74) is 5.86. The zero-order valence-electron chi connectivity index (χ0n) is 10.7. The Bertz CT molecular complexity index is 270. The lowest BCUT2D eigenvalue weighted by molar-refractivity contribution is -0.134. The van der Waals surface area contributed by atoms with Crippen molar-refractivity contribution in [3.8, 4) is 0 Å². The fourth-order valence-corrected chi connectivity index (χ4v) is 2.95. The molecule has 3 atom stereocenters. The van der Waals surface area contributed by atoms with Crippen LogP contribution in [0.1, 0.15) is 32.6 Å². The van der Waals surface area contributed by atoms with Crippen LogP contribution in [0.2, 0.25) is 0 Å². The number of hydrogen-bond donors (Lipinski definition) is 1. The van der Waals surface area contributed by atoms with E-state index in [0.29, 0.717) is 11.8 Å². The van der Waals surface area contributed by atoms with Crippen LogP contribution in [0.15, 0.2) is 0 Å². The quantitative estimate of drug-likeness (QED) is 0.797. The van der Waals surface area contributed by atoms with Gasteiger partial charge >= 0.3 is 0 Å². The molecule has 4 nitrogen and oxygen atoms in total. The number of likely N-dealkylation sites (tertiary alicyclic amines) is 1. The maximum Gasteiger partial charge on any atom is 0.225 e. The SMILES string of the molecule is CCOCC1CCN(C(=O)C2CCC(N)C2)C1. The predicted molar refractivity (Wildman–Crippen MR) is 66.5 cm³/mol. The highest BCUT2D eigenvalue weighted by Gasteiger charge is 2.34. The van der Waals surface area contributed by atoms with Gasteiger partial charge < -0.3 is 15.4 Å². The molecule has 1 aliphatic heterocycles. The van der Waals surface area contributed by atoms with Gasteiger partial charge in [0.2, 0.25) is 5.91 Å². The summed E-state index contributed by atoms with van der Waals surface area (Å²) < 4.78 is 5.43. The van der Waals surface area contributed by atoms with E-state index >= 15 is 0 Å². The van der Waals surface area contributed by atoms with Crippen molar-refractivity contribution in [2.75, 3.05) is 26.3 Å². The second-order valence-corrected chi connectivity index (χ2v) is 5.37. The summed E-state index contributed by atoms with van der Waals surface area (Å²) >= 11 is 0. The zero-order chi connectivity index (χ0) is 12.3. The molecular weight excluding hydrogens is 216 g/mol. The van der Waals surface area contributed by atoms with Gasteiger partial charge in [0, 0.05) is 37.6 Å². The van der Waals surface area contributed by atoms with Crippen LogP contribution in [0, 0.1) is 11.8 Å². The summed E-state index contributed by atoms with van der Waals surface area (Å²) in [4.78, 5) is 14.3. The number of hydrogen-bond acceptors (Lipinski definition) is 3. The summed E-state index contributed by atoms with van der Waals surface area (Å²) in [6, 6.07) is 0.241. The van der Waals surface area contributed by atoms with E-state index in [2.05, 4.69) is 0 Å². The molecule has 2 fully saturated rings. The summed E-state index contributed by atoms with van der Waals surface area (Å²) in [5, 5.41) is 0. The van der Waals surface area contributed by atoms with Crippen LogP contribution in [-0.2, 0) is 9.53 Å². The lowest BCUT2D eigenvalue weighted by Crippen LogP contribution is -2.34. The van der Waals surface area contributed by atoms with Crippen molar-refractivity contribution in [3.63, 3.8) is 0 Å². The molecule has 1 saturated carbocycles. The fourth-order valence-electron chi connectivity index (χ4n) is 2.95. The highest BCUT2D eigenvalue weighted by Crippen LogP contribution is 2.28. The minimum atomic E-state index is 0.191. The molecule has 17 heavy (non-hydrogen) atoms. The Balaban J connectivity index is 1.77. The van der Waals surface area contributed by atoms with Gasteiger partial charge in [-0.15, -0.1) is 0 Å². The first-order valence-electron chi connectivity index (χ1n) is 6.82. The smallest absolute Gasteiger partial charge is 0.225 e. The monoisotopic (exact) mass is 240 g/mol. The van der Waals surface area contributed by atoms with Crippen LogP contribution in [0.4, 0.5) is 0 Å². The van der Waals surface area contributed by atoms with Gasteiger partial charge in [0.15, 0.2) is 0 Å². The highest BCUT2D eigenvalue weighted by atomic mass is 16.5. The van der Waals surface area contributed by atoms with E-state index in [1.807, 2.05) is 11.8 Å². The molecule has 2 rings (SSSR count). The molecule has 1 saturated heterocycles. The molecule has 1 amide bonds. The summed E-state index contributed by atoms with van der Waals surface area (Å²) in [6.07, 6.45) is 3.95. The van der Waals surface area contributed by atoms with Crippen LogP contribution in [0.3, 0.4) is 0 Å². The molecule has 2 N–H and O–H groups in total. The third kappa shape index (κ3) is 3.19. The Morgan fingerprint density at radius 1 is 1.41 bits per heavy atom. The third-order valence-electron chi connectivity index (χ3n) is 3.98. The minimum Gasteiger partial charge on any atom is -0.381 e. The molecule has 98 valence electrons. The second kappa shape index (κ2) is 5.83. The lowest BCUT2D eigenvalue weighted by Gasteiger charge is -2.20. The zero-order valence-corrected chi connectivity index (χ0v) is 10.7. The molecule has 0 aromatic rings. The maximum absolute atomic E-state index is 12.2. The predicted octanol–water partition coefficient (Wildman–Crippen LogP) is 0.999. The molecule has 3 unspecified atom stereocenters. The van der Waals surface area contributed by atoms with Crippen LogP contribution in [0.5, 0.6) is 0 Å². The summed E-state index contributed by atoms with van der Waals surface area (Å²) in [5.74, 6) is 1.06. The minimum absolute atomic E-state index is 0.191. The van der Waals surface area contributed by atoms with Crippen LogP contribution < -0.4 is 5.73 Å². The second-order valence-electron chi connectivity index (χ2n) is 5.37. The maximum atomic E-state index is 12.2. The van der Waals surface area contributed by atoms with Gasteiger partial charge in [0.25, 0.3) is 0 Å². The topological polar surface area (TPSA) is 55.6 Å². The van der Waals surface area contributed by atoms with Crippen molar-refractivity contribution in [1.29, 1.82) is 0 Å². The van der Waals surface area contributed by atoms with Crippen molar-refractivity contribution >= 4 is 5.91 Å². The number of carbonyl (C=O) groups is 1. The first-order valence-corrected chi connectivity index (χ1v) is 6.82. The van der Waals surface area contributed by atoms with Gasteiger partial charge in [-0.25, -0.2) is 0 Å². The summed E-state index contributed by atoms with van der Waals surface area (Å²) in [6.45, 7) is 5.36. The van der Waals surface area contributed by atoms with Crippen LogP contribution in [-0.4, -0.2) is 43.2 Å². The largest absolute Gasteiger partial charge is 0.381 e. The van der Waals surface area contributed by atoms with Gasteiger partial charge in [0.05, 0.1) is 6.61 Å². The van der Waals surface area contributed by atoms with E-state index in [0.717, 1.165) is 52.0 Å². The average Bonchev–Trinajstić information content (AvgIpc) is 2.94. The van der Waals surface area contributed by atoms with Gasteiger partial charge in [0.1, 0.15) is 0 Å². The van der Waals surface area contributed by atoms with E-state index in [1.165, 1.54) is 0 Å². The standard InChI is InChI=1S/C13H24N2O2/c1-2-17-9-10-5-6-15(8-10)13(16)11-3-4-12(14)7-11/h10-12H,2-9,14H2,1H3. The summed E-state index contributed by atoms with van der Waals surface area (Å²) in [7, 11) is 0. The fraction of sp³-hybridized carbons (Fsp3) is 0.923. The van der Waals surface area contributed by atoms with E-state index in [-0.39, 0.29) is 12.0 Å². The molecule has 0 bridgehead atoms. The van der Waals surface area contributed by atoms with Gasteiger partial charge in [-0.3, -0.25) is 4.79 Å². The van der Waals surface area contributed by atoms with Gasteiger partial charge in [-0.1, -0.05) is 0 Å². The lowest BCUT2D eigenvalue weighted by atomic mass is 10.1. The molecule has 2 aliphatic rings. The van der Waals surface area contributed by atoms with Gasteiger partial charge in [-0.2, -0.15) is 0 Å². The molecular formula is C13H24N2O2. The highest BCUT2D eigenvalue weighted by molar-refractivity contribution is 5.79. The Hall–Kier alpha value is -0.610. The third-order valence-corrected chi connectivity index (χ3v) is 3.98. The Morgan fingerprint density at radius 2 is 2.24 bits per heavy atom. The number of ether oxygens (including phenoxy) is 1. The van der Waals surface area contributed by atoms with E-state index in [1.54, 1.807) is 0 Å². The Kier molecular flexibility index (Phi) is 4.40. The van der Waals surface area contributed by atoms with Crippen molar-refractivity contribution in [2.45, 2.75) is 38.6 Å². The first-order chi connectivity index (χ1) is 8.20. The first kappa shape index (κ1) is 12.8. The van der Waals surface area contributed by atoms with Crippen molar-refractivity contribution in [2.24, 2.45) is 17.6 Å². The molecule has 0 radical (unpaired) electrons. The molecule has 0 aromatic heterocycles. The number of rotatable bonds is 4. The number of amides is 1. The van der Waals surface area contributed by atoms with Crippen molar-refractivity contribution < 1.29 is 9.53 Å². The van der Waals surface area contributed by atoms with Crippen molar-refractivity contribution in [1.82, 2.24) is 4.90 Å². The molecule has 1 heterocycles. The van der Waals surface area contributed by atoms with E-state index in [4.69, 9.17) is 10.5 Å². The van der Waals surface area contributed by atoms with Crippen LogP contribution >= 0.6 is 0 Å². The normalized spacial score (nSPS) is 33.3. The molecule has 1 aliphatic carbocycles. The number of nitrogens with two attached hydrogens (primary N) is 1. The number of nitrogens with zero attached hydrogens (tertiary/aromatic N) is 1. The Morgan fingerprint density at radius 3 is 2.88 bits per heavy atom. The molecule has 0 spiro atoms. The molecule has 0 aromatic carbocycles. The van der Waals surface area contributed by atoms with Crippen LogP contribution in [0.25, 0.3) is 0 Å². The van der Waals surface area contributed by atoms with E-state index in [9.17, 15) is 4.79 Å². The van der Waals surface area contributed by atoms with Gasteiger partial charge in [-0.05, 0) is 32.6 Å². The molecule has 4 heteroatoms. The Labute approximate surface area is 103 Å². The number of carbonyl (C=O) groups excluding carboxylic acids is 1. The average molecular weight is 240 g/mol.